The monoisotopic (exact) mass is 349 g/mol. The van der Waals surface area contributed by atoms with Crippen molar-refractivity contribution in [3.8, 4) is 0 Å². The molecule has 0 aliphatic carbocycles. The fourth-order valence-electron chi connectivity index (χ4n) is 2.62. The molecule has 1 amide bonds. The largest absolute Gasteiger partial charge is 0.448 e. The van der Waals surface area contributed by atoms with Crippen LogP contribution in [0, 0.1) is 0 Å². The van der Waals surface area contributed by atoms with Gasteiger partial charge >= 0.3 is 5.97 Å². The highest BCUT2D eigenvalue weighted by Gasteiger charge is 2.25. The molecule has 0 saturated heterocycles. The van der Waals surface area contributed by atoms with E-state index in [2.05, 4.69) is 9.97 Å². The standard InChI is InChI=1S/C20H19N3O3/c1-3-23(15-9-5-4-6-10-15)19(24)14(2)26-20(25)18-13-21-16-11-7-8-12-17(16)22-18/h4-14H,3H2,1-2H3/t14-/m1/s1. The van der Waals surface area contributed by atoms with Crippen LogP contribution in [0.4, 0.5) is 5.69 Å². The number of ether oxygens (including phenoxy) is 1. The predicted octanol–water partition coefficient (Wildman–Crippen LogP) is 3.23. The van der Waals surface area contributed by atoms with Gasteiger partial charge in [0.15, 0.2) is 11.8 Å². The van der Waals surface area contributed by atoms with Crippen LogP contribution in [0.15, 0.2) is 60.8 Å². The minimum absolute atomic E-state index is 0.0751. The van der Waals surface area contributed by atoms with E-state index in [4.69, 9.17) is 4.74 Å². The van der Waals surface area contributed by atoms with Crippen LogP contribution in [-0.4, -0.2) is 34.5 Å². The van der Waals surface area contributed by atoms with E-state index in [0.717, 1.165) is 5.69 Å². The lowest BCUT2D eigenvalue weighted by molar-refractivity contribution is -0.126. The molecule has 0 spiro atoms. The lowest BCUT2D eigenvalue weighted by Crippen LogP contribution is -2.40. The number of para-hydroxylation sites is 3. The van der Waals surface area contributed by atoms with Crippen LogP contribution in [0.25, 0.3) is 11.0 Å². The average Bonchev–Trinajstić information content (AvgIpc) is 2.68. The molecule has 0 unspecified atom stereocenters. The number of hydrogen-bond donors (Lipinski definition) is 0. The number of esters is 1. The Kier molecular flexibility index (Phi) is 5.22. The molecule has 2 aromatic carbocycles. The molecule has 1 heterocycles. The molecule has 0 saturated carbocycles. The number of fused-ring (bicyclic) bond motifs is 1. The maximum absolute atomic E-state index is 12.7. The van der Waals surface area contributed by atoms with E-state index in [1.54, 1.807) is 17.9 Å². The molecule has 0 aliphatic rings. The number of likely N-dealkylation sites (N-methyl/N-ethyl adjacent to an activating group) is 1. The molecule has 26 heavy (non-hydrogen) atoms. The highest BCUT2D eigenvalue weighted by molar-refractivity contribution is 5.98. The molecular weight excluding hydrogens is 330 g/mol. The normalized spacial score (nSPS) is 11.8. The second kappa shape index (κ2) is 7.74. The van der Waals surface area contributed by atoms with E-state index in [-0.39, 0.29) is 11.6 Å². The summed E-state index contributed by atoms with van der Waals surface area (Å²) >= 11 is 0. The number of aromatic nitrogens is 2. The van der Waals surface area contributed by atoms with Crippen molar-refractivity contribution in [2.45, 2.75) is 20.0 Å². The van der Waals surface area contributed by atoms with E-state index >= 15 is 0 Å². The summed E-state index contributed by atoms with van der Waals surface area (Å²) in [5, 5.41) is 0. The number of benzene rings is 2. The van der Waals surface area contributed by atoms with Crippen molar-refractivity contribution in [1.82, 2.24) is 9.97 Å². The van der Waals surface area contributed by atoms with Gasteiger partial charge in [-0.05, 0) is 38.1 Å². The van der Waals surface area contributed by atoms with Crippen molar-refractivity contribution in [3.63, 3.8) is 0 Å². The van der Waals surface area contributed by atoms with Gasteiger partial charge in [0.1, 0.15) is 0 Å². The van der Waals surface area contributed by atoms with Crippen LogP contribution in [-0.2, 0) is 9.53 Å². The van der Waals surface area contributed by atoms with Gasteiger partial charge in [-0.3, -0.25) is 9.78 Å². The van der Waals surface area contributed by atoms with Crippen molar-refractivity contribution >= 4 is 28.6 Å². The van der Waals surface area contributed by atoms with Gasteiger partial charge in [0, 0.05) is 12.2 Å². The third-order valence-corrected chi connectivity index (χ3v) is 3.94. The van der Waals surface area contributed by atoms with Crippen LogP contribution in [0.2, 0.25) is 0 Å². The molecule has 0 bridgehead atoms. The first kappa shape index (κ1) is 17.5. The molecule has 1 aromatic heterocycles. The van der Waals surface area contributed by atoms with Crippen molar-refractivity contribution in [3.05, 3.63) is 66.5 Å². The summed E-state index contributed by atoms with van der Waals surface area (Å²) in [5.74, 6) is -0.964. The number of hydrogen-bond acceptors (Lipinski definition) is 5. The average molecular weight is 349 g/mol. The smallest absolute Gasteiger partial charge is 0.359 e. The van der Waals surface area contributed by atoms with Crippen LogP contribution in [0.3, 0.4) is 0 Å². The Hall–Kier alpha value is -3.28. The van der Waals surface area contributed by atoms with Crippen molar-refractivity contribution in [1.29, 1.82) is 0 Å². The first-order valence-electron chi connectivity index (χ1n) is 8.39. The minimum Gasteiger partial charge on any atom is -0.448 e. The molecule has 6 nitrogen and oxygen atoms in total. The van der Waals surface area contributed by atoms with Crippen molar-refractivity contribution < 1.29 is 14.3 Å². The molecular formula is C20H19N3O3. The number of rotatable bonds is 5. The van der Waals surface area contributed by atoms with Crippen molar-refractivity contribution in [2.75, 3.05) is 11.4 Å². The molecule has 0 fully saturated rings. The lowest BCUT2D eigenvalue weighted by atomic mass is 10.2. The van der Waals surface area contributed by atoms with Gasteiger partial charge in [0.2, 0.25) is 0 Å². The van der Waals surface area contributed by atoms with Gasteiger partial charge < -0.3 is 9.64 Å². The first-order valence-corrected chi connectivity index (χ1v) is 8.39. The molecule has 132 valence electrons. The predicted molar refractivity (Wildman–Crippen MR) is 98.9 cm³/mol. The molecule has 0 N–H and O–H groups in total. The Bertz CT molecular complexity index is 928. The van der Waals surface area contributed by atoms with Crippen LogP contribution in [0.1, 0.15) is 24.3 Å². The SMILES string of the molecule is CCN(C(=O)[C@@H](C)OC(=O)c1cnc2ccccc2n1)c1ccccc1. The Balaban J connectivity index is 1.74. The summed E-state index contributed by atoms with van der Waals surface area (Å²) in [6.45, 7) is 3.90. The molecule has 3 rings (SSSR count). The number of carbonyl (C=O) groups is 2. The quantitative estimate of drug-likeness (QED) is 0.661. The van der Waals surface area contributed by atoms with Crippen LogP contribution >= 0.6 is 0 Å². The summed E-state index contributed by atoms with van der Waals surface area (Å²) in [7, 11) is 0. The summed E-state index contributed by atoms with van der Waals surface area (Å²) in [6.07, 6.45) is 0.423. The van der Waals surface area contributed by atoms with Crippen molar-refractivity contribution in [2.24, 2.45) is 0 Å². The second-order valence-corrected chi connectivity index (χ2v) is 5.71. The first-order chi connectivity index (χ1) is 12.6. The zero-order chi connectivity index (χ0) is 18.5. The van der Waals surface area contributed by atoms with Gasteiger partial charge in [0.25, 0.3) is 5.91 Å². The molecule has 0 radical (unpaired) electrons. The Morgan fingerprint density at radius 1 is 1.04 bits per heavy atom. The minimum atomic E-state index is -0.934. The second-order valence-electron chi connectivity index (χ2n) is 5.71. The summed E-state index contributed by atoms with van der Waals surface area (Å²) in [5.41, 5.74) is 2.12. The van der Waals surface area contributed by atoms with E-state index in [1.807, 2.05) is 55.5 Å². The fraction of sp³-hybridized carbons (Fsp3) is 0.200. The third kappa shape index (κ3) is 3.69. The van der Waals surface area contributed by atoms with E-state index in [0.29, 0.717) is 17.6 Å². The lowest BCUT2D eigenvalue weighted by Gasteiger charge is -2.24. The number of anilines is 1. The van der Waals surface area contributed by atoms with Gasteiger partial charge in [0.05, 0.1) is 17.2 Å². The van der Waals surface area contributed by atoms with Crippen LogP contribution < -0.4 is 4.90 Å². The van der Waals surface area contributed by atoms with Crippen LogP contribution in [0.5, 0.6) is 0 Å². The third-order valence-electron chi connectivity index (χ3n) is 3.94. The zero-order valence-electron chi connectivity index (χ0n) is 14.6. The Labute approximate surface area is 151 Å². The summed E-state index contributed by atoms with van der Waals surface area (Å²) < 4.78 is 5.32. The van der Waals surface area contributed by atoms with Gasteiger partial charge in [-0.2, -0.15) is 0 Å². The topological polar surface area (TPSA) is 72.4 Å². The Morgan fingerprint density at radius 3 is 2.38 bits per heavy atom. The Morgan fingerprint density at radius 2 is 1.69 bits per heavy atom. The number of amides is 1. The highest BCUT2D eigenvalue weighted by atomic mass is 16.5. The van der Waals surface area contributed by atoms with E-state index in [9.17, 15) is 9.59 Å². The molecule has 6 heteroatoms. The fourth-order valence-corrected chi connectivity index (χ4v) is 2.62. The maximum atomic E-state index is 12.7. The number of carbonyl (C=O) groups excluding carboxylic acids is 2. The highest BCUT2D eigenvalue weighted by Crippen LogP contribution is 2.16. The summed E-state index contributed by atoms with van der Waals surface area (Å²) in [4.78, 5) is 35.0. The summed E-state index contributed by atoms with van der Waals surface area (Å²) in [6, 6.07) is 16.5. The van der Waals surface area contributed by atoms with Gasteiger partial charge in [-0.25, -0.2) is 9.78 Å². The molecule has 1 atom stereocenters. The molecule has 3 aromatic rings. The maximum Gasteiger partial charge on any atom is 0.359 e. The zero-order valence-corrected chi connectivity index (χ0v) is 14.6. The van der Waals surface area contributed by atoms with Gasteiger partial charge in [-0.15, -0.1) is 0 Å². The molecule has 0 aliphatic heterocycles. The van der Waals surface area contributed by atoms with E-state index < -0.39 is 12.1 Å². The number of nitrogens with zero attached hydrogens (tertiary/aromatic N) is 3. The van der Waals surface area contributed by atoms with Gasteiger partial charge in [-0.1, -0.05) is 30.3 Å². The van der Waals surface area contributed by atoms with E-state index in [1.165, 1.54) is 6.20 Å².